The summed E-state index contributed by atoms with van der Waals surface area (Å²) in [5, 5.41) is 3.79. The Labute approximate surface area is 222 Å². The zero-order valence-electron chi connectivity index (χ0n) is 21.1. The molecule has 0 spiro atoms. The highest BCUT2D eigenvalue weighted by atomic mass is 35.5. The molecule has 2 fully saturated rings. The number of amides is 3. The standard InChI is InChI=1S/C29H32ClFN4O2/c1-20-26(28(36)33-14-16-34(17-15-33)29(37)32-24-7-3-2-4-8-24)19-27(21-10-12-22(30)13-11-21)35(20)25-9-5-6-23(31)18-25/h5-6,9-13,18-19,24H,2-4,7-8,14-17H2,1H3,(H,32,37). The van der Waals surface area contributed by atoms with Crippen LogP contribution >= 0.6 is 11.6 Å². The summed E-state index contributed by atoms with van der Waals surface area (Å²) in [4.78, 5) is 30.0. The minimum atomic E-state index is -0.344. The highest BCUT2D eigenvalue weighted by Crippen LogP contribution is 2.31. The average Bonchev–Trinajstić information content (AvgIpc) is 3.26. The maximum absolute atomic E-state index is 14.1. The van der Waals surface area contributed by atoms with Crippen LogP contribution in [0, 0.1) is 12.7 Å². The molecule has 1 saturated heterocycles. The first-order valence-electron chi connectivity index (χ1n) is 13.0. The lowest BCUT2D eigenvalue weighted by atomic mass is 9.96. The number of hydrogen-bond acceptors (Lipinski definition) is 2. The van der Waals surface area contributed by atoms with Gasteiger partial charge < -0.3 is 19.7 Å². The van der Waals surface area contributed by atoms with Crippen molar-refractivity contribution in [3.63, 3.8) is 0 Å². The van der Waals surface area contributed by atoms with Crippen molar-refractivity contribution in [3.8, 4) is 16.9 Å². The van der Waals surface area contributed by atoms with Crippen molar-refractivity contribution in [1.29, 1.82) is 0 Å². The number of benzene rings is 2. The third-order valence-corrected chi connectivity index (χ3v) is 7.72. The lowest BCUT2D eigenvalue weighted by Gasteiger charge is -2.36. The van der Waals surface area contributed by atoms with Crippen LogP contribution in [0.4, 0.5) is 9.18 Å². The Kier molecular flexibility index (Phi) is 7.51. The Bertz CT molecular complexity index is 1280. The number of urea groups is 1. The topological polar surface area (TPSA) is 57.6 Å². The Morgan fingerprint density at radius 3 is 2.27 bits per heavy atom. The van der Waals surface area contributed by atoms with Gasteiger partial charge in [0.25, 0.3) is 5.91 Å². The number of halogens is 2. The molecule has 3 aromatic rings. The van der Waals surface area contributed by atoms with Gasteiger partial charge >= 0.3 is 6.03 Å². The van der Waals surface area contributed by atoms with Crippen LogP contribution < -0.4 is 5.32 Å². The van der Waals surface area contributed by atoms with Crippen LogP contribution in [0.15, 0.2) is 54.6 Å². The summed E-state index contributed by atoms with van der Waals surface area (Å²) in [6.45, 7) is 3.82. The smallest absolute Gasteiger partial charge is 0.317 e. The van der Waals surface area contributed by atoms with E-state index in [1.54, 1.807) is 23.1 Å². The number of aromatic nitrogens is 1. The molecular formula is C29H32ClFN4O2. The van der Waals surface area contributed by atoms with Crippen LogP contribution in [-0.4, -0.2) is 58.5 Å². The molecule has 5 rings (SSSR count). The van der Waals surface area contributed by atoms with E-state index in [1.165, 1.54) is 31.4 Å². The van der Waals surface area contributed by atoms with Crippen molar-refractivity contribution in [2.24, 2.45) is 0 Å². The van der Waals surface area contributed by atoms with Gasteiger partial charge in [0.15, 0.2) is 0 Å². The number of hydrogen-bond donors (Lipinski definition) is 1. The van der Waals surface area contributed by atoms with E-state index in [2.05, 4.69) is 5.32 Å². The van der Waals surface area contributed by atoms with Gasteiger partial charge in [0, 0.05) is 48.6 Å². The van der Waals surface area contributed by atoms with Crippen LogP contribution in [0.25, 0.3) is 16.9 Å². The van der Waals surface area contributed by atoms with E-state index in [4.69, 9.17) is 11.6 Å². The van der Waals surface area contributed by atoms with Crippen molar-refractivity contribution >= 4 is 23.5 Å². The van der Waals surface area contributed by atoms with E-state index in [9.17, 15) is 14.0 Å². The predicted octanol–water partition coefficient (Wildman–Crippen LogP) is 6.05. The molecule has 2 aromatic carbocycles. The molecule has 1 N–H and O–H groups in total. The first kappa shape index (κ1) is 25.3. The Balaban J connectivity index is 1.36. The summed E-state index contributed by atoms with van der Waals surface area (Å²) >= 11 is 6.10. The van der Waals surface area contributed by atoms with Gasteiger partial charge in [-0.05, 0) is 61.7 Å². The summed E-state index contributed by atoms with van der Waals surface area (Å²) < 4.78 is 16.0. The molecule has 0 unspecified atom stereocenters. The second-order valence-electron chi connectivity index (χ2n) is 9.91. The van der Waals surface area contributed by atoms with Crippen molar-refractivity contribution < 1.29 is 14.0 Å². The Hall–Kier alpha value is -3.32. The van der Waals surface area contributed by atoms with E-state index < -0.39 is 0 Å². The summed E-state index contributed by atoms with van der Waals surface area (Å²) in [6.07, 6.45) is 5.66. The van der Waals surface area contributed by atoms with Gasteiger partial charge in [-0.1, -0.05) is 49.1 Å². The third-order valence-electron chi connectivity index (χ3n) is 7.47. The molecular weight excluding hydrogens is 491 g/mol. The molecule has 2 aliphatic rings. The summed E-state index contributed by atoms with van der Waals surface area (Å²) in [6, 6.07) is 15.8. The van der Waals surface area contributed by atoms with Crippen molar-refractivity contribution in [2.75, 3.05) is 26.2 Å². The highest BCUT2D eigenvalue weighted by Gasteiger charge is 2.29. The van der Waals surface area contributed by atoms with Gasteiger partial charge in [0.05, 0.1) is 11.3 Å². The number of carbonyl (C=O) groups excluding carboxylic acids is 2. The third kappa shape index (κ3) is 5.52. The van der Waals surface area contributed by atoms with Gasteiger partial charge in [-0.25, -0.2) is 9.18 Å². The molecule has 8 heteroatoms. The zero-order chi connectivity index (χ0) is 25.9. The molecule has 1 aliphatic carbocycles. The van der Waals surface area contributed by atoms with E-state index >= 15 is 0 Å². The quantitative estimate of drug-likeness (QED) is 0.454. The molecule has 6 nitrogen and oxygen atoms in total. The fourth-order valence-corrected chi connectivity index (χ4v) is 5.53. The van der Waals surface area contributed by atoms with E-state index in [1.807, 2.05) is 40.7 Å². The maximum Gasteiger partial charge on any atom is 0.317 e. The Morgan fingerprint density at radius 1 is 0.919 bits per heavy atom. The van der Waals surface area contributed by atoms with Crippen molar-refractivity contribution in [1.82, 2.24) is 19.7 Å². The van der Waals surface area contributed by atoms with Crippen LogP contribution in [0.2, 0.25) is 5.02 Å². The first-order chi connectivity index (χ1) is 17.9. The SMILES string of the molecule is Cc1c(C(=O)N2CCN(C(=O)NC3CCCCC3)CC2)cc(-c2ccc(Cl)cc2)n1-c1cccc(F)c1. The number of piperazine rings is 1. The second kappa shape index (κ2) is 11.0. The average molecular weight is 523 g/mol. The van der Waals surface area contributed by atoms with Gasteiger partial charge in [-0.2, -0.15) is 0 Å². The number of rotatable bonds is 4. The largest absolute Gasteiger partial charge is 0.335 e. The van der Waals surface area contributed by atoms with Crippen LogP contribution in [0.5, 0.6) is 0 Å². The monoisotopic (exact) mass is 522 g/mol. The second-order valence-corrected chi connectivity index (χ2v) is 10.4. The van der Waals surface area contributed by atoms with Crippen molar-refractivity contribution in [2.45, 2.75) is 45.1 Å². The lowest BCUT2D eigenvalue weighted by molar-refractivity contribution is 0.0662. The summed E-state index contributed by atoms with van der Waals surface area (Å²) in [5.41, 5.74) is 3.60. The molecule has 0 bridgehead atoms. The summed E-state index contributed by atoms with van der Waals surface area (Å²) in [5.74, 6) is -0.432. The highest BCUT2D eigenvalue weighted by molar-refractivity contribution is 6.30. The first-order valence-corrected chi connectivity index (χ1v) is 13.4. The molecule has 1 saturated carbocycles. The minimum Gasteiger partial charge on any atom is -0.335 e. The molecule has 2 heterocycles. The fraction of sp³-hybridized carbons (Fsp3) is 0.379. The Morgan fingerprint density at radius 2 is 1.59 bits per heavy atom. The normalized spacial score (nSPS) is 16.6. The van der Waals surface area contributed by atoms with Crippen molar-refractivity contribution in [3.05, 3.63) is 76.7 Å². The van der Waals surface area contributed by atoms with Crippen LogP contribution in [0.3, 0.4) is 0 Å². The number of nitrogens with one attached hydrogen (secondary N) is 1. The minimum absolute atomic E-state index is 0.0301. The fourth-order valence-electron chi connectivity index (χ4n) is 5.40. The number of carbonyl (C=O) groups is 2. The van der Waals surface area contributed by atoms with E-state index in [0.29, 0.717) is 42.5 Å². The lowest BCUT2D eigenvalue weighted by Crippen LogP contribution is -2.54. The molecule has 3 amide bonds. The molecule has 0 atom stereocenters. The maximum atomic E-state index is 14.1. The molecule has 1 aromatic heterocycles. The van der Waals surface area contributed by atoms with Gasteiger partial charge in [-0.15, -0.1) is 0 Å². The van der Waals surface area contributed by atoms with Crippen LogP contribution in [0.1, 0.15) is 48.2 Å². The molecule has 37 heavy (non-hydrogen) atoms. The van der Waals surface area contributed by atoms with E-state index in [0.717, 1.165) is 29.8 Å². The predicted molar refractivity (Wildman–Crippen MR) is 144 cm³/mol. The number of nitrogens with zero attached hydrogens (tertiary/aromatic N) is 3. The molecule has 1 aliphatic heterocycles. The van der Waals surface area contributed by atoms with Gasteiger partial charge in [0.2, 0.25) is 0 Å². The van der Waals surface area contributed by atoms with E-state index in [-0.39, 0.29) is 23.8 Å². The molecule has 194 valence electrons. The summed E-state index contributed by atoms with van der Waals surface area (Å²) in [7, 11) is 0. The molecule has 0 radical (unpaired) electrons. The van der Waals surface area contributed by atoms with Gasteiger partial charge in [0.1, 0.15) is 5.82 Å². The van der Waals surface area contributed by atoms with Gasteiger partial charge in [-0.3, -0.25) is 4.79 Å². The zero-order valence-corrected chi connectivity index (χ0v) is 21.8. The van der Waals surface area contributed by atoms with Crippen LogP contribution in [-0.2, 0) is 0 Å².